The standard InChI is InChI=1S/C11H16ClNO2S/c1-11(2,3)13(6-10(14)15)5-9-4-8(12)7-16-9/h4,7H,5-6H2,1-3H3,(H,14,15). The molecule has 1 aromatic heterocycles. The summed E-state index contributed by atoms with van der Waals surface area (Å²) in [7, 11) is 0. The van der Waals surface area contributed by atoms with Crippen LogP contribution in [0.1, 0.15) is 25.6 Å². The molecular weight excluding hydrogens is 246 g/mol. The molecule has 0 aliphatic carbocycles. The van der Waals surface area contributed by atoms with E-state index in [2.05, 4.69) is 0 Å². The zero-order valence-corrected chi connectivity index (χ0v) is 11.2. The summed E-state index contributed by atoms with van der Waals surface area (Å²) in [6.45, 7) is 6.67. The van der Waals surface area contributed by atoms with Crippen molar-refractivity contribution in [2.45, 2.75) is 32.9 Å². The predicted octanol–water partition coefficient (Wildman–Crippen LogP) is 3.09. The minimum absolute atomic E-state index is 0.0407. The smallest absolute Gasteiger partial charge is 0.317 e. The van der Waals surface area contributed by atoms with Crippen LogP contribution in [-0.2, 0) is 11.3 Å². The van der Waals surface area contributed by atoms with Crippen LogP contribution in [0.5, 0.6) is 0 Å². The van der Waals surface area contributed by atoms with Gasteiger partial charge < -0.3 is 5.11 Å². The lowest BCUT2D eigenvalue weighted by Crippen LogP contribution is -2.43. The second-order valence-corrected chi connectivity index (χ2v) is 6.08. The second-order valence-electron chi connectivity index (χ2n) is 4.65. The second kappa shape index (κ2) is 5.17. The van der Waals surface area contributed by atoms with E-state index in [4.69, 9.17) is 16.7 Å². The zero-order chi connectivity index (χ0) is 12.3. The highest BCUT2D eigenvalue weighted by Crippen LogP contribution is 2.23. The number of hydrogen-bond acceptors (Lipinski definition) is 3. The highest BCUT2D eigenvalue weighted by atomic mass is 35.5. The van der Waals surface area contributed by atoms with Gasteiger partial charge in [0.2, 0.25) is 0 Å². The molecule has 0 spiro atoms. The molecule has 0 unspecified atom stereocenters. The van der Waals surface area contributed by atoms with Crippen LogP contribution in [0.4, 0.5) is 0 Å². The number of rotatable bonds is 4. The van der Waals surface area contributed by atoms with Crippen molar-refractivity contribution in [1.82, 2.24) is 4.90 Å². The van der Waals surface area contributed by atoms with Crippen molar-refractivity contribution in [3.63, 3.8) is 0 Å². The normalized spacial score (nSPS) is 12.1. The summed E-state index contributed by atoms with van der Waals surface area (Å²) in [5, 5.41) is 11.4. The molecule has 0 saturated carbocycles. The number of carbonyl (C=O) groups is 1. The molecule has 0 amide bonds. The maximum absolute atomic E-state index is 10.8. The highest BCUT2D eigenvalue weighted by Gasteiger charge is 2.23. The molecule has 5 heteroatoms. The van der Waals surface area contributed by atoms with Crippen LogP contribution in [0.15, 0.2) is 11.4 Å². The number of nitrogens with zero attached hydrogens (tertiary/aromatic N) is 1. The quantitative estimate of drug-likeness (QED) is 0.906. The van der Waals surface area contributed by atoms with Crippen LogP contribution < -0.4 is 0 Å². The number of carboxylic acid groups (broad SMARTS) is 1. The Bertz CT molecular complexity index is 370. The molecule has 0 atom stereocenters. The van der Waals surface area contributed by atoms with E-state index in [1.807, 2.05) is 37.1 Å². The fourth-order valence-electron chi connectivity index (χ4n) is 1.32. The average Bonchev–Trinajstić information content (AvgIpc) is 2.47. The van der Waals surface area contributed by atoms with Gasteiger partial charge in [0.25, 0.3) is 0 Å². The van der Waals surface area contributed by atoms with Gasteiger partial charge in [0, 0.05) is 22.3 Å². The molecular formula is C11H16ClNO2S. The third-order valence-corrected chi connectivity index (χ3v) is 3.51. The zero-order valence-electron chi connectivity index (χ0n) is 9.66. The van der Waals surface area contributed by atoms with Gasteiger partial charge in [-0.25, -0.2) is 0 Å². The molecule has 0 bridgehead atoms. The number of halogens is 1. The topological polar surface area (TPSA) is 40.5 Å². The molecule has 0 radical (unpaired) electrons. The van der Waals surface area contributed by atoms with Crippen molar-refractivity contribution >= 4 is 28.9 Å². The lowest BCUT2D eigenvalue weighted by Gasteiger charge is -2.33. The summed E-state index contributed by atoms with van der Waals surface area (Å²) in [6, 6.07) is 1.88. The molecule has 0 aliphatic heterocycles. The third-order valence-electron chi connectivity index (χ3n) is 2.24. The molecule has 3 nitrogen and oxygen atoms in total. The molecule has 0 saturated heterocycles. The van der Waals surface area contributed by atoms with E-state index in [1.54, 1.807) is 11.3 Å². The Kier molecular flexibility index (Phi) is 4.35. The third kappa shape index (κ3) is 4.12. The molecule has 1 aromatic rings. The number of hydrogen-bond donors (Lipinski definition) is 1. The van der Waals surface area contributed by atoms with Gasteiger partial charge in [0.1, 0.15) is 0 Å². The summed E-state index contributed by atoms with van der Waals surface area (Å²) in [5.41, 5.74) is -0.172. The monoisotopic (exact) mass is 261 g/mol. The van der Waals surface area contributed by atoms with Crippen molar-refractivity contribution in [3.8, 4) is 0 Å². The number of carboxylic acids is 1. The minimum Gasteiger partial charge on any atom is -0.480 e. The van der Waals surface area contributed by atoms with Crippen LogP contribution in [0.25, 0.3) is 0 Å². The largest absolute Gasteiger partial charge is 0.480 e. The SMILES string of the molecule is CC(C)(C)N(CC(=O)O)Cc1cc(Cl)cs1. The molecule has 0 fully saturated rings. The predicted molar refractivity (Wildman–Crippen MR) is 67.1 cm³/mol. The fourth-order valence-corrected chi connectivity index (χ4v) is 2.41. The van der Waals surface area contributed by atoms with E-state index in [0.717, 1.165) is 4.88 Å². The van der Waals surface area contributed by atoms with Crippen molar-refractivity contribution in [2.24, 2.45) is 0 Å². The lowest BCUT2D eigenvalue weighted by molar-refractivity contribution is -0.139. The van der Waals surface area contributed by atoms with Crippen LogP contribution in [0, 0.1) is 0 Å². The first-order valence-corrected chi connectivity index (χ1v) is 6.24. The van der Waals surface area contributed by atoms with E-state index < -0.39 is 5.97 Å². The van der Waals surface area contributed by atoms with Gasteiger partial charge >= 0.3 is 5.97 Å². The van der Waals surface area contributed by atoms with Gasteiger partial charge in [-0.05, 0) is 26.8 Å². The summed E-state index contributed by atoms with van der Waals surface area (Å²) < 4.78 is 0. The first-order chi connectivity index (χ1) is 7.29. The minimum atomic E-state index is -0.808. The Labute approximate surface area is 105 Å². The van der Waals surface area contributed by atoms with Gasteiger partial charge in [0.15, 0.2) is 0 Å². The highest BCUT2D eigenvalue weighted by molar-refractivity contribution is 7.10. The summed E-state index contributed by atoms with van der Waals surface area (Å²) >= 11 is 7.39. The maximum atomic E-state index is 10.8. The Morgan fingerprint density at radius 1 is 1.56 bits per heavy atom. The average molecular weight is 262 g/mol. The van der Waals surface area contributed by atoms with Crippen LogP contribution in [0.2, 0.25) is 5.02 Å². The molecule has 0 aromatic carbocycles. The van der Waals surface area contributed by atoms with Gasteiger partial charge in [-0.2, -0.15) is 0 Å². The van der Waals surface area contributed by atoms with E-state index in [9.17, 15) is 4.79 Å². The van der Waals surface area contributed by atoms with E-state index in [-0.39, 0.29) is 12.1 Å². The Morgan fingerprint density at radius 3 is 2.56 bits per heavy atom. The summed E-state index contributed by atoms with van der Waals surface area (Å²) in [4.78, 5) is 13.8. The van der Waals surface area contributed by atoms with Crippen molar-refractivity contribution in [1.29, 1.82) is 0 Å². The van der Waals surface area contributed by atoms with Crippen LogP contribution in [-0.4, -0.2) is 28.1 Å². The van der Waals surface area contributed by atoms with Crippen molar-refractivity contribution in [3.05, 3.63) is 21.3 Å². The van der Waals surface area contributed by atoms with Crippen LogP contribution in [0.3, 0.4) is 0 Å². The van der Waals surface area contributed by atoms with E-state index in [1.165, 1.54) is 0 Å². The maximum Gasteiger partial charge on any atom is 0.317 e. The summed E-state index contributed by atoms with van der Waals surface area (Å²) in [6.07, 6.45) is 0. The lowest BCUT2D eigenvalue weighted by atomic mass is 10.1. The van der Waals surface area contributed by atoms with Crippen LogP contribution >= 0.6 is 22.9 Å². The molecule has 1 rings (SSSR count). The van der Waals surface area contributed by atoms with Gasteiger partial charge in [-0.15, -0.1) is 11.3 Å². The molecule has 1 N–H and O–H groups in total. The number of aliphatic carboxylic acids is 1. The van der Waals surface area contributed by atoms with E-state index >= 15 is 0 Å². The Balaban J connectivity index is 2.74. The van der Waals surface area contributed by atoms with Gasteiger partial charge in [-0.3, -0.25) is 9.69 Å². The van der Waals surface area contributed by atoms with E-state index in [0.29, 0.717) is 11.6 Å². The first-order valence-electron chi connectivity index (χ1n) is 4.99. The van der Waals surface area contributed by atoms with Crippen molar-refractivity contribution < 1.29 is 9.90 Å². The Hall–Kier alpha value is -0.580. The van der Waals surface area contributed by atoms with Gasteiger partial charge in [0.05, 0.1) is 11.6 Å². The molecule has 16 heavy (non-hydrogen) atoms. The number of thiophene rings is 1. The molecule has 1 heterocycles. The first kappa shape index (κ1) is 13.5. The summed E-state index contributed by atoms with van der Waals surface area (Å²) in [5.74, 6) is -0.808. The Morgan fingerprint density at radius 2 is 2.19 bits per heavy atom. The fraction of sp³-hybridized carbons (Fsp3) is 0.545. The molecule has 90 valence electrons. The van der Waals surface area contributed by atoms with Gasteiger partial charge in [-0.1, -0.05) is 11.6 Å². The molecule has 0 aliphatic rings. The van der Waals surface area contributed by atoms with Crippen molar-refractivity contribution in [2.75, 3.05) is 6.54 Å².